The second kappa shape index (κ2) is 6.89. The second-order valence-electron chi connectivity index (χ2n) is 4.89. The molecule has 0 aliphatic heterocycles. The predicted molar refractivity (Wildman–Crippen MR) is 88.4 cm³/mol. The van der Waals surface area contributed by atoms with Crippen molar-refractivity contribution in [2.24, 2.45) is 0 Å². The number of para-hydroxylation sites is 1. The summed E-state index contributed by atoms with van der Waals surface area (Å²) >= 11 is 2.99. The number of hydrogen-bond acceptors (Lipinski definition) is 1. The van der Waals surface area contributed by atoms with Crippen molar-refractivity contribution in [1.82, 2.24) is 4.57 Å². The van der Waals surface area contributed by atoms with E-state index in [1.165, 1.54) is 10.9 Å². The number of aromatic nitrogens is 1. The summed E-state index contributed by atoms with van der Waals surface area (Å²) in [6.07, 6.45) is 4.15. The van der Waals surface area contributed by atoms with Crippen molar-refractivity contribution < 1.29 is 20.6 Å². The quantitative estimate of drug-likeness (QED) is 0.683. The Bertz CT molecular complexity index is 818. The van der Waals surface area contributed by atoms with E-state index < -0.39 is 0 Å². The van der Waals surface area contributed by atoms with Gasteiger partial charge in [-0.15, -0.1) is 0 Å². The van der Waals surface area contributed by atoms with Crippen molar-refractivity contribution in [1.29, 1.82) is 0 Å². The third-order valence-corrected chi connectivity index (χ3v) is 3.84. The van der Waals surface area contributed by atoms with E-state index in [0.717, 1.165) is 15.8 Å². The Balaban J connectivity index is 2.15. The fraction of sp³-hybridized carbons (Fsp3) is 0.105. The molecule has 0 unspecified atom stereocenters. The SMILES string of the molecule is CCO[C](=[Cr])/C=C(\c1ccccc1)n1ccc2ccccc21. The molecule has 0 aliphatic carbocycles. The van der Waals surface area contributed by atoms with Crippen molar-refractivity contribution in [3.05, 3.63) is 78.5 Å². The summed E-state index contributed by atoms with van der Waals surface area (Å²) in [5.41, 5.74) is 3.42. The monoisotopic (exact) mass is 327 g/mol. The standard InChI is InChI=1S/C19H17NO.Cr/c1-2-21-15-13-19(16-8-4-3-5-9-16)20-14-12-17-10-6-7-11-18(17)20;/h3-14H,2H2,1H3;/b19-13+;. The molecule has 0 radical (unpaired) electrons. The molecule has 1 heterocycles. The molecule has 0 amide bonds. The molecule has 2 aromatic carbocycles. The van der Waals surface area contributed by atoms with Gasteiger partial charge in [0, 0.05) is 0 Å². The van der Waals surface area contributed by atoms with Gasteiger partial charge in [0.25, 0.3) is 0 Å². The van der Waals surface area contributed by atoms with Crippen molar-refractivity contribution in [3.63, 3.8) is 0 Å². The fourth-order valence-electron chi connectivity index (χ4n) is 2.49. The Morgan fingerprint density at radius 2 is 1.77 bits per heavy atom. The third-order valence-electron chi connectivity index (χ3n) is 3.47. The van der Waals surface area contributed by atoms with Gasteiger partial charge in [0.05, 0.1) is 0 Å². The molecular formula is C19H17CrNO. The first-order valence-corrected chi connectivity index (χ1v) is 7.93. The zero-order valence-electron chi connectivity index (χ0n) is 12.4. The van der Waals surface area contributed by atoms with E-state index in [2.05, 4.69) is 81.2 Å². The van der Waals surface area contributed by atoms with Crippen LogP contribution in [-0.4, -0.2) is 15.7 Å². The van der Waals surface area contributed by atoms with Crippen LogP contribution in [0, 0.1) is 0 Å². The van der Waals surface area contributed by atoms with E-state index in [9.17, 15) is 0 Å². The van der Waals surface area contributed by atoms with E-state index >= 15 is 0 Å². The molecule has 3 aromatic rings. The van der Waals surface area contributed by atoms with E-state index in [0.29, 0.717) is 6.61 Å². The molecule has 0 saturated carbocycles. The Labute approximate surface area is 138 Å². The molecule has 0 fully saturated rings. The van der Waals surface area contributed by atoms with Crippen LogP contribution in [0.5, 0.6) is 0 Å². The van der Waals surface area contributed by atoms with E-state index in [-0.39, 0.29) is 0 Å². The Morgan fingerprint density at radius 1 is 1.05 bits per heavy atom. The van der Waals surface area contributed by atoms with Crippen LogP contribution < -0.4 is 0 Å². The van der Waals surface area contributed by atoms with Gasteiger partial charge in [-0.25, -0.2) is 0 Å². The average Bonchev–Trinajstić information content (AvgIpc) is 2.98. The van der Waals surface area contributed by atoms with Gasteiger partial charge in [0.15, 0.2) is 0 Å². The van der Waals surface area contributed by atoms with Crippen molar-refractivity contribution >= 4 is 21.2 Å². The summed E-state index contributed by atoms with van der Waals surface area (Å²) in [6, 6.07) is 20.9. The fourth-order valence-corrected chi connectivity index (χ4v) is 2.85. The van der Waals surface area contributed by atoms with Crippen LogP contribution in [0.4, 0.5) is 0 Å². The van der Waals surface area contributed by atoms with Gasteiger partial charge in [-0.05, 0) is 0 Å². The molecule has 110 valence electrons. The summed E-state index contributed by atoms with van der Waals surface area (Å²) < 4.78 is 8.56. The summed E-state index contributed by atoms with van der Waals surface area (Å²) in [6.45, 7) is 2.63. The first-order valence-electron chi connectivity index (χ1n) is 7.30. The van der Waals surface area contributed by atoms with Crippen LogP contribution in [0.25, 0.3) is 16.6 Å². The molecule has 0 bridgehead atoms. The van der Waals surface area contributed by atoms with Gasteiger partial charge in [0.2, 0.25) is 0 Å². The number of benzene rings is 2. The maximum atomic E-state index is 5.58. The Kier molecular flexibility index (Phi) is 4.70. The molecule has 0 N–H and O–H groups in total. The normalized spacial score (nSPS) is 11.8. The van der Waals surface area contributed by atoms with Crippen molar-refractivity contribution in [2.75, 3.05) is 6.61 Å². The summed E-state index contributed by atoms with van der Waals surface area (Å²) in [4.78, 5) is 0. The van der Waals surface area contributed by atoms with E-state index in [1.807, 2.05) is 19.1 Å². The van der Waals surface area contributed by atoms with Crippen molar-refractivity contribution in [2.45, 2.75) is 6.92 Å². The van der Waals surface area contributed by atoms with Gasteiger partial charge < -0.3 is 0 Å². The van der Waals surface area contributed by atoms with Gasteiger partial charge in [-0.3, -0.25) is 0 Å². The number of ether oxygens (including phenoxy) is 1. The zero-order valence-corrected chi connectivity index (χ0v) is 13.7. The minimum absolute atomic E-state index is 0.646. The number of nitrogens with zero attached hydrogens (tertiary/aromatic N) is 1. The van der Waals surface area contributed by atoms with E-state index in [1.54, 1.807) is 0 Å². The van der Waals surface area contributed by atoms with Crippen LogP contribution in [-0.2, 0) is 20.6 Å². The maximum absolute atomic E-state index is 5.58. The van der Waals surface area contributed by atoms with Gasteiger partial charge in [-0.2, -0.15) is 0 Å². The second-order valence-corrected chi connectivity index (χ2v) is 5.52. The summed E-state index contributed by atoms with van der Waals surface area (Å²) in [7, 11) is 0. The Morgan fingerprint density at radius 3 is 2.55 bits per heavy atom. The third kappa shape index (κ3) is 3.13. The molecule has 0 aliphatic rings. The zero-order chi connectivity index (χ0) is 15.4. The topological polar surface area (TPSA) is 14.2 Å². The molecule has 0 saturated heterocycles. The van der Waals surface area contributed by atoms with Crippen LogP contribution in [0.15, 0.2) is 72.9 Å². The van der Waals surface area contributed by atoms with Gasteiger partial charge in [0.1, 0.15) is 0 Å². The molecule has 3 rings (SSSR count). The number of rotatable bonds is 5. The number of hydrogen-bond donors (Lipinski definition) is 0. The molecule has 22 heavy (non-hydrogen) atoms. The molecule has 3 heteroatoms. The summed E-state index contributed by atoms with van der Waals surface area (Å²) in [5, 5.41) is 1.22. The predicted octanol–water partition coefficient (Wildman–Crippen LogP) is 4.24. The number of fused-ring (bicyclic) bond motifs is 1. The van der Waals surface area contributed by atoms with Crippen molar-refractivity contribution in [3.8, 4) is 0 Å². The molecule has 2 nitrogen and oxygen atoms in total. The van der Waals surface area contributed by atoms with Gasteiger partial charge >= 0.3 is 138 Å². The first-order chi connectivity index (χ1) is 10.8. The summed E-state index contributed by atoms with van der Waals surface area (Å²) in [5.74, 6) is 0. The van der Waals surface area contributed by atoms with E-state index in [4.69, 9.17) is 4.74 Å². The van der Waals surface area contributed by atoms with Crippen LogP contribution in [0.3, 0.4) is 0 Å². The molecule has 0 spiro atoms. The minimum atomic E-state index is 0.646. The molecule has 0 atom stereocenters. The molecule has 1 aromatic heterocycles. The molecular weight excluding hydrogens is 310 g/mol. The van der Waals surface area contributed by atoms with Crippen LogP contribution >= 0.6 is 0 Å². The van der Waals surface area contributed by atoms with Gasteiger partial charge in [-0.1, -0.05) is 0 Å². The Hall–Kier alpha value is -1.92. The first kappa shape index (κ1) is 15.0. The van der Waals surface area contributed by atoms with Crippen LogP contribution in [0.2, 0.25) is 0 Å². The average molecular weight is 327 g/mol. The van der Waals surface area contributed by atoms with Crippen LogP contribution in [0.1, 0.15) is 12.5 Å².